The lowest BCUT2D eigenvalue weighted by atomic mass is 9.99. The van der Waals surface area contributed by atoms with Gasteiger partial charge in [0.15, 0.2) is 37.6 Å². The molecule has 0 fully saturated rings. The summed E-state index contributed by atoms with van der Waals surface area (Å²) in [5, 5.41) is -2.38. The van der Waals surface area contributed by atoms with Gasteiger partial charge in [0.25, 0.3) is 0 Å². The Labute approximate surface area is 322 Å². The zero-order valence-electron chi connectivity index (χ0n) is 28.8. The molecule has 7 aromatic rings. The highest BCUT2D eigenvalue weighted by Crippen LogP contribution is 2.58. The molecule has 2 heterocycles. The molecule has 0 radical (unpaired) electrons. The molecule has 6 nitrogen and oxygen atoms in total. The molecule has 2 unspecified atom stereocenters. The van der Waals surface area contributed by atoms with Crippen LogP contribution in [0.15, 0.2) is 159 Å². The molecule has 7 aromatic carbocycles. The average Bonchev–Trinajstić information content (AvgIpc) is 3.63. The molecule has 2 aliphatic heterocycles. The van der Waals surface area contributed by atoms with Gasteiger partial charge in [-0.3, -0.25) is 0 Å². The van der Waals surface area contributed by atoms with E-state index in [-0.39, 0.29) is 47.3 Å². The maximum atomic E-state index is 16.0. The van der Waals surface area contributed by atoms with Crippen LogP contribution in [0.25, 0.3) is 22.3 Å². The van der Waals surface area contributed by atoms with Crippen molar-refractivity contribution in [3.63, 3.8) is 0 Å². The molecule has 0 spiro atoms. The van der Waals surface area contributed by atoms with Crippen LogP contribution in [0.1, 0.15) is 0 Å². The number of hydrogen-bond donors (Lipinski definition) is 0. The van der Waals surface area contributed by atoms with E-state index < -0.39 is 83.9 Å². The second-order valence-electron chi connectivity index (χ2n) is 13.4. The van der Waals surface area contributed by atoms with Crippen molar-refractivity contribution >= 4 is 65.8 Å². The summed E-state index contributed by atoms with van der Waals surface area (Å²) in [6.45, 7) is 0. The smallest absolute Gasteiger partial charge is 0.206 e. The molecule has 0 amide bonds. The minimum Gasteiger partial charge on any atom is -0.309 e. The largest absolute Gasteiger partial charge is 0.309 e. The molecular formula is C42H23F5O6P2S2. The van der Waals surface area contributed by atoms with Crippen LogP contribution in [0.3, 0.4) is 0 Å². The summed E-state index contributed by atoms with van der Waals surface area (Å²) < 4.78 is 163. The SMILES string of the molecule is O=P1(c2ccccc2)c2cc(S(=O)(=O)c3ccccc3)ccc2-c2cc3c(cc21)P(=O)(c1c(F)c(F)c(F)c(F)c1F)c1cc(S(=O)(=O)c2ccccc2)ccc1-3. The fraction of sp³-hybridized carbons (Fsp3) is 0. The van der Waals surface area contributed by atoms with Crippen molar-refractivity contribution in [2.45, 2.75) is 19.6 Å². The summed E-state index contributed by atoms with van der Waals surface area (Å²) in [5.41, 5.74) is 0.540. The zero-order valence-corrected chi connectivity index (χ0v) is 32.3. The van der Waals surface area contributed by atoms with Crippen LogP contribution in [0.2, 0.25) is 0 Å². The molecule has 57 heavy (non-hydrogen) atoms. The molecule has 0 saturated carbocycles. The number of hydrogen-bond acceptors (Lipinski definition) is 6. The Kier molecular flexibility index (Phi) is 8.33. The van der Waals surface area contributed by atoms with E-state index in [2.05, 4.69) is 0 Å². The van der Waals surface area contributed by atoms with Gasteiger partial charge in [0, 0.05) is 26.5 Å². The minimum atomic E-state index is -5.27. The molecule has 2 aliphatic rings. The summed E-state index contributed by atoms with van der Waals surface area (Å²) in [5.74, 6) is -12.0. The van der Waals surface area contributed by atoms with E-state index in [1.165, 1.54) is 84.9 Å². The zero-order chi connectivity index (χ0) is 40.2. The minimum absolute atomic E-state index is 0.00636. The average molecular weight is 845 g/mol. The Morgan fingerprint density at radius 2 is 0.719 bits per heavy atom. The molecule has 0 N–H and O–H groups in total. The molecule has 0 saturated heterocycles. The molecule has 0 bridgehead atoms. The highest BCUT2D eigenvalue weighted by atomic mass is 32.2. The summed E-state index contributed by atoms with van der Waals surface area (Å²) >= 11 is 0. The van der Waals surface area contributed by atoms with Crippen molar-refractivity contribution in [1.82, 2.24) is 0 Å². The van der Waals surface area contributed by atoms with Gasteiger partial charge in [0.2, 0.25) is 25.5 Å². The van der Waals surface area contributed by atoms with Crippen LogP contribution < -0.4 is 31.8 Å². The first-order valence-electron chi connectivity index (χ1n) is 17.0. The Morgan fingerprint density at radius 1 is 0.351 bits per heavy atom. The van der Waals surface area contributed by atoms with Gasteiger partial charge in [0.05, 0.1) is 24.9 Å². The maximum absolute atomic E-state index is 16.0. The second-order valence-corrected chi connectivity index (χ2v) is 22.6. The van der Waals surface area contributed by atoms with Crippen molar-refractivity contribution < 1.29 is 47.9 Å². The van der Waals surface area contributed by atoms with Gasteiger partial charge in [0.1, 0.15) is 0 Å². The molecule has 9 rings (SSSR count). The fourth-order valence-electron chi connectivity index (χ4n) is 7.62. The van der Waals surface area contributed by atoms with E-state index in [0.717, 1.165) is 12.1 Å². The monoisotopic (exact) mass is 844 g/mol. The molecule has 2 atom stereocenters. The van der Waals surface area contributed by atoms with E-state index >= 15 is 26.7 Å². The summed E-state index contributed by atoms with van der Waals surface area (Å²) in [4.78, 5) is -0.861. The standard InChI is InChI=1S/C42H23F5O6P2S2/c43-37-38(44)40(46)42(41(47)39(37)45)55(49)34-21-28(57(52,53)26-14-8-3-9-15-26)17-19-30(34)32-22-31-29-18-16-27(56(50,51)25-12-6-2-7-13-25)20-33(29)54(48,35(31)23-36(32)55)24-10-4-1-5-11-24/h1-23H. The van der Waals surface area contributed by atoms with E-state index in [9.17, 15) is 21.2 Å². The van der Waals surface area contributed by atoms with Crippen LogP contribution in [0.4, 0.5) is 22.0 Å². The van der Waals surface area contributed by atoms with E-state index in [1.54, 1.807) is 42.5 Å². The maximum Gasteiger partial charge on any atom is 0.206 e. The van der Waals surface area contributed by atoms with Gasteiger partial charge in [-0.25, -0.2) is 38.8 Å². The first kappa shape index (κ1) is 37.1. The summed E-state index contributed by atoms with van der Waals surface area (Å²) in [6.07, 6.45) is 0. The van der Waals surface area contributed by atoms with Crippen molar-refractivity contribution in [3.8, 4) is 22.3 Å². The first-order chi connectivity index (χ1) is 27.1. The predicted octanol–water partition coefficient (Wildman–Crippen LogP) is 7.29. The Morgan fingerprint density at radius 3 is 1.18 bits per heavy atom. The van der Waals surface area contributed by atoms with Crippen molar-refractivity contribution in [3.05, 3.63) is 169 Å². The Hall–Kier alpha value is -5.45. The molecule has 0 aliphatic carbocycles. The number of sulfone groups is 2. The Balaban J connectivity index is 1.36. The lowest BCUT2D eigenvalue weighted by Crippen LogP contribution is -2.31. The third kappa shape index (κ3) is 5.12. The van der Waals surface area contributed by atoms with E-state index in [4.69, 9.17) is 0 Å². The van der Waals surface area contributed by atoms with Gasteiger partial charge >= 0.3 is 0 Å². The highest BCUT2D eigenvalue weighted by molar-refractivity contribution is 7.92. The molecular weight excluding hydrogens is 822 g/mol. The number of halogens is 5. The van der Waals surface area contributed by atoms with E-state index in [1.807, 2.05) is 0 Å². The van der Waals surface area contributed by atoms with Crippen LogP contribution >= 0.6 is 14.3 Å². The highest BCUT2D eigenvalue weighted by Gasteiger charge is 2.50. The lowest BCUT2D eigenvalue weighted by Gasteiger charge is -2.21. The number of fused-ring (bicyclic) bond motifs is 6. The molecule has 0 aromatic heterocycles. The van der Waals surface area contributed by atoms with Gasteiger partial charge in [-0.05, 0) is 82.9 Å². The third-order valence-electron chi connectivity index (χ3n) is 10.3. The lowest BCUT2D eigenvalue weighted by molar-refractivity contribution is 0.384. The quantitative estimate of drug-likeness (QED) is 0.0755. The van der Waals surface area contributed by atoms with Crippen LogP contribution in [-0.2, 0) is 28.8 Å². The van der Waals surface area contributed by atoms with Crippen molar-refractivity contribution in [1.29, 1.82) is 0 Å². The molecule has 15 heteroatoms. The topological polar surface area (TPSA) is 102 Å². The van der Waals surface area contributed by atoms with E-state index in [0.29, 0.717) is 5.56 Å². The molecule has 284 valence electrons. The predicted molar refractivity (Wildman–Crippen MR) is 207 cm³/mol. The van der Waals surface area contributed by atoms with Gasteiger partial charge in [-0.15, -0.1) is 0 Å². The van der Waals surface area contributed by atoms with Crippen LogP contribution in [-0.4, -0.2) is 16.8 Å². The fourth-order valence-corrected chi connectivity index (χ4v) is 16.8. The first-order valence-corrected chi connectivity index (χ1v) is 23.4. The normalized spacial score (nSPS) is 18.1. The van der Waals surface area contributed by atoms with Crippen LogP contribution in [0.5, 0.6) is 0 Å². The number of rotatable bonds is 6. The second kappa shape index (κ2) is 12.8. The van der Waals surface area contributed by atoms with Gasteiger partial charge in [-0.2, -0.15) is 0 Å². The summed E-state index contributed by atoms with van der Waals surface area (Å²) in [7, 11) is -18.0. The van der Waals surface area contributed by atoms with Crippen molar-refractivity contribution in [2.75, 3.05) is 0 Å². The Bertz CT molecular complexity index is 3190. The van der Waals surface area contributed by atoms with Gasteiger partial charge in [-0.1, -0.05) is 78.9 Å². The van der Waals surface area contributed by atoms with Crippen LogP contribution in [0, 0.1) is 29.1 Å². The summed E-state index contributed by atoms with van der Waals surface area (Å²) in [6, 6.07) is 32.5. The number of benzene rings is 7. The van der Waals surface area contributed by atoms with Crippen molar-refractivity contribution in [2.24, 2.45) is 0 Å². The van der Waals surface area contributed by atoms with Gasteiger partial charge < -0.3 is 9.13 Å². The third-order valence-corrected chi connectivity index (χ3v) is 20.1.